The molecule has 0 radical (unpaired) electrons. The van der Waals surface area contributed by atoms with Crippen molar-refractivity contribution in [2.24, 2.45) is 0 Å². The second kappa shape index (κ2) is 10.2. The van der Waals surface area contributed by atoms with Crippen LogP contribution in [0.2, 0.25) is 0 Å². The van der Waals surface area contributed by atoms with Crippen LogP contribution in [-0.4, -0.2) is 36.3 Å². The summed E-state index contributed by atoms with van der Waals surface area (Å²) >= 11 is 3.42. The Morgan fingerprint density at radius 2 is 1.52 bits per heavy atom. The molecule has 2 amide bonds. The van der Waals surface area contributed by atoms with Crippen molar-refractivity contribution >= 4 is 39.1 Å². The Hall–Kier alpha value is -2.18. The third-order valence-corrected chi connectivity index (χ3v) is 4.65. The lowest BCUT2D eigenvalue weighted by Gasteiger charge is -2.21. The quantitative estimate of drug-likeness (QED) is 0.652. The minimum atomic E-state index is -0.127. The Morgan fingerprint density at radius 3 is 2.07 bits per heavy atom. The molecule has 5 nitrogen and oxygen atoms in total. The maximum absolute atomic E-state index is 12.4. The van der Waals surface area contributed by atoms with E-state index >= 15 is 0 Å². The number of rotatable bonds is 8. The minimum absolute atomic E-state index is 0.120. The molecule has 0 aliphatic heterocycles. The number of anilines is 2. The summed E-state index contributed by atoms with van der Waals surface area (Å²) in [5, 5.41) is 5.85. The van der Waals surface area contributed by atoms with E-state index in [1.165, 1.54) is 0 Å². The van der Waals surface area contributed by atoms with Gasteiger partial charge in [0.25, 0.3) is 0 Å². The fraction of sp³-hybridized carbons (Fsp3) is 0.333. The first-order valence-electron chi connectivity index (χ1n) is 9.03. The van der Waals surface area contributed by atoms with Crippen LogP contribution in [-0.2, 0) is 9.59 Å². The lowest BCUT2D eigenvalue weighted by atomic mass is 10.2. The molecule has 0 saturated heterocycles. The number of halogens is 1. The Bertz CT molecular complexity index is 808. The summed E-state index contributed by atoms with van der Waals surface area (Å²) in [6.07, 6.45) is 0.863. The van der Waals surface area contributed by atoms with Gasteiger partial charge in [-0.3, -0.25) is 14.5 Å². The van der Waals surface area contributed by atoms with Crippen molar-refractivity contribution < 1.29 is 9.59 Å². The number of carbonyl (C=O) groups excluding carboxylic acids is 2. The molecule has 2 rings (SSSR count). The van der Waals surface area contributed by atoms with Gasteiger partial charge >= 0.3 is 0 Å². The van der Waals surface area contributed by atoms with E-state index in [1.54, 1.807) is 0 Å². The van der Waals surface area contributed by atoms with Crippen molar-refractivity contribution in [1.29, 1.82) is 0 Å². The van der Waals surface area contributed by atoms with Crippen LogP contribution >= 0.6 is 15.9 Å². The maximum Gasteiger partial charge on any atom is 0.238 e. The van der Waals surface area contributed by atoms with Crippen LogP contribution in [0.3, 0.4) is 0 Å². The first-order chi connectivity index (χ1) is 12.9. The number of benzene rings is 2. The number of nitrogens with one attached hydrogen (secondary N) is 2. The predicted octanol–water partition coefficient (Wildman–Crippen LogP) is 4.36. The molecule has 2 N–H and O–H groups in total. The van der Waals surface area contributed by atoms with Gasteiger partial charge in [-0.05, 0) is 62.2 Å². The van der Waals surface area contributed by atoms with Crippen LogP contribution in [0, 0.1) is 13.8 Å². The van der Waals surface area contributed by atoms with Crippen molar-refractivity contribution in [3.05, 3.63) is 58.1 Å². The van der Waals surface area contributed by atoms with Gasteiger partial charge in [0, 0.05) is 15.8 Å². The molecule has 2 aromatic carbocycles. The molecule has 0 bridgehead atoms. The molecule has 27 heavy (non-hydrogen) atoms. The van der Waals surface area contributed by atoms with Crippen molar-refractivity contribution in [3.63, 3.8) is 0 Å². The summed E-state index contributed by atoms with van der Waals surface area (Å²) in [5.74, 6) is -0.247. The van der Waals surface area contributed by atoms with Crippen LogP contribution in [0.15, 0.2) is 46.9 Å². The lowest BCUT2D eigenvalue weighted by Crippen LogP contribution is -2.39. The van der Waals surface area contributed by atoms with Crippen LogP contribution in [0.1, 0.15) is 24.5 Å². The average molecular weight is 432 g/mol. The Kier molecular flexibility index (Phi) is 8.00. The van der Waals surface area contributed by atoms with E-state index in [4.69, 9.17) is 0 Å². The van der Waals surface area contributed by atoms with E-state index in [0.717, 1.165) is 33.4 Å². The molecule has 0 fully saturated rings. The first-order valence-corrected chi connectivity index (χ1v) is 9.82. The van der Waals surface area contributed by atoms with Crippen LogP contribution in [0.5, 0.6) is 0 Å². The zero-order chi connectivity index (χ0) is 19.8. The van der Waals surface area contributed by atoms with Gasteiger partial charge in [-0.15, -0.1) is 0 Å². The fourth-order valence-electron chi connectivity index (χ4n) is 2.80. The predicted molar refractivity (Wildman–Crippen MR) is 114 cm³/mol. The lowest BCUT2D eigenvalue weighted by molar-refractivity contribution is -0.120. The molecular weight excluding hydrogens is 406 g/mol. The topological polar surface area (TPSA) is 61.4 Å². The number of nitrogens with zero attached hydrogens (tertiary/aromatic N) is 1. The third-order valence-electron chi connectivity index (χ3n) is 4.16. The van der Waals surface area contributed by atoms with Gasteiger partial charge < -0.3 is 10.6 Å². The summed E-state index contributed by atoms with van der Waals surface area (Å²) < 4.78 is 0.971. The standard InChI is InChI=1S/C21H26BrN3O2/c1-4-11-25(13-20(26)23-18-8-6-5-7-15(18)2)14-21(27)24-19-10-9-17(22)12-16(19)3/h5-10,12H,4,11,13-14H2,1-3H3,(H,23,26)(H,24,27). The summed E-state index contributed by atoms with van der Waals surface area (Å²) in [4.78, 5) is 26.7. The summed E-state index contributed by atoms with van der Waals surface area (Å²) in [7, 11) is 0. The molecular formula is C21H26BrN3O2. The fourth-order valence-corrected chi connectivity index (χ4v) is 3.27. The molecule has 2 aromatic rings. The van der Waals surface area contributed by atoms with Gasteiger partial charge in [-0.1, -0.05) is 41.1 Å². The van der Waals surface area contributed by atoms with Crippen molar-refractivity contribution in [2.45, 2.75) is 27.2 Å². The second-order valence-electron chi connectivity index (χ2n) is 6.58. The Morgan fingerprint density at radius 1 is 0.926 bits per heavy atom. The maximum atomic E-state index is 12.4. The number of para-hydroxylation sites is 1. The highest BCUT2D eigenvalue weighted by Crippen LogP contribution is 2.20. The molecule has 144 valence electrons. The number of amides is 2. The van der Waals surface area contributed by atoms with Gasteiger partial charge in [0.05, 0.1) is 13.1 Å². The van der Waals surface area contributed by atoms with Gasteiger partial charge in [0.2, 0.25) is 11.8 Å². The molecule has 0 aliphatic rings. The number of hydrogen-bond donors (Lipinski definition) is 2. The summed E-state index contributed by atoms with van der Waals surface area (Å²) in [6.45, 7) is 6.95. The van der Waals surface area contributed by atoms with Gasteiger partial charge in [0.1, 0.15) is 0 Å². The van der Waals surface area contributed by atoms with Crippen LogP contribution in [0.25, 0.3) is 0 Å². The smallest absolute Gasteiger partial charge is 0.238 e. The molecule has 6 heteroatoms. The van der Waals surface area contributed by atoms with Crippen LogP contribution < -0.4 is 10.6 Å². The molecule has 0 saturated carbocycles. The largest absolute Gasteiger partial charge is 0.325 e. The number of hydrogen-bond acceptors (Lipinski definition) is 3. The van der Waals surface area contributed by atoms with E-state index in [1.807, 2.05) is 68.1 Å². The third kappa shape index (κ3) is 6.81. The Labute approximate surface area is 169 Å². The molecule has 0 heterocycles. The van der Waals surface area contributed by atoms with Gasteiger partial charge in [0.15, 0.2) is 0 Å². The van der Waals surface area contributed by atoms with E-state index in [9.17, 15) is 9.59 Å². The van der Waals surface area contributed by atoms with E-state index in [-0.39, 0.29) is 24.9 Å². The zero-order valence-electron chi connectivity index (χ0n) is 16.0. The van der Waals surface area contributed by atoms with E-state index in [0.29, 0.717) is 6.54 Å². The molecule has 0 aromatic heterocycles. The average Bonchev–Trinajstić information content (AvgIpc) is 2.59. The second-order valence-corrected chi connectivity index (χ2v) is 7.50. The highest BCUT2D eigenvalue weighted by atomic mass is 79.9. The monoisotopic (exact) mass is 431 g/mol. The Balaban J connectivity index is 1.94. The van der Waals surface area contributed by atoms with E-state index < -0.39 is 0 Å². The summed E-state index contributed by atoms with van der Waals surface area (Å²) in [5.41, 5.74) is 3.58. The van der Waals surface area contributed by atoms with Crippen molar-refractivity contribution in [2.75, 3.05) is 30.3 Å². The minimum Gasteiger partial charge on any atom is -0.325 e. The highest BCUT2D eigenvalue weighted by molar-refractivity contribution is 9.10. The molecule has 0 atom stereocenters. The van der Waals surface area contributed by atoms with Crippen molar-refractivity contribution in [1.82, 2.24) is 4.90 Å². The normalized spacial score (nSPS) is 10.7. The first kappa shape index (κ1) is 21.1. The van der Waals surface area contributed by atoms with Crippen LogP contribution in [0.4, 0.5) is 11.4 Å². The number of aryl methyl sites for hydroxylation is 2. The van der Waals surface area contributed by atoms with Crippen molar-refractivity contribution in [3.8, 4) is 0 Å². The van der Waals surface area contributed by atoms with E-state index in [2.05, 4.69) is 26.6 Å². The summed E-state index contributed by atoms with van der Waals surface area (Å²) in [6, 6.07) is 13.4. The molecule has 0 spiro atoms. The molecule has 0 unspecified atom stereocenters. The molecule has 0 aliphatic carbocycles. The number of carbonyl (C=O) groups is 2. The highest BCUT2D eigenvalue weighted by Gasteiger charge is 2.15. The zero-order valence-corrected chi connectivity index (χ0v) is 17.6. The van der Waals surface area contributed by atoms with Gasteiger partial charge in [-0.25, -0.2) is 0 Å². The SMILES string of the molecule is CCCN(CC(=O)Nc1ccccc1C)CC(=O)Nc1ccc(Br)cc1C. The van der Waals surface area contributed by atoms with Gasteiger partial charge in [-0.2, -0.15) is 0 Å².